The number of methoxy groups -OCH3 is 1. The summed E-state index contributed by atoms with van der Waals surface area (Å²) in [5.41, 5.74) is 2.74. The molecule has 0 fully saturated rings. The highest BCUT2D eigenvalue weighted by molar-refractivity contribution is 6.35. The van der Waals surface area contributed by atoms with Crippen LogP contribution in [0.1, 0.15) is 16.8 Å². The van der Waals surface area contributed by atoms with Gasteiger partial charge in [0.05, 0.1) is 29.6 Å². The van der Waals surface area contributed by atoms with Crippen LogP contribution in [0.5, 0.6) is 5.75 Å². The molecule has 0 saturated heterocycles. The second-order valence-electron chi connectivity index (χ2n) is 7.27. The molecule has 1 aromatic heterocycles. The predicted molar refractivity (Wildman–Crippen MR) is 113 cm³/mol. The topological polar surface area (TPSA) is 74.4 Å². The normalized spacial score (nSPS) is 13.8. The average Bonchev–Trinajstić information content (AvgIpc) is 2.74. The summed E-state index contributed by atoms with van der Waals surface area (Å²) in [4.78, 5) is 30.7. The Kier molecular flexibility index (Phi) is 5.74. The van der Waals surface area contributed by atoms with Gasteiger partial charge in [0.2, 0.25) is 5.91 Å². The largest absolute Gasteiger partial charge is 0.495 e. The van der Waals surface area contributed by atoms with Gasteiger partial charge in [-0.15, -0.1) is 0 Å². The Morgan fingerprint density at radius 3 is 2.77 bits per heavy atom. The Bertz CT molecular complexity index is 1160. The van der Waals surface area contributed by atoms with Gasteiger partial charge in [-0.25, -0.2) is 4.39 Å². The van der Waals surface area contributed by atoms with Crippen molar-refractivity contribution in [3.05, 3.63) is 74.3 Å². The van der Waals surface area contributed by atoms with E-state index in [0.717, 1.165) is 11.3 Å². The fourth-order valence-electron chi connectivity index (χ4n) is 3.74. The molecule has 156 valence electrons. The Hall–Kier alpha value is -2.90. The molecule has 0 atom stereocenters. The number of hydrogen-bond donors (Lipinski definition) is 2. The van der Waals surface area contributed by atoms with Crippen LogP contribution in [0.25, 0.3) is 10.9 Å². The summed E-state index contributed by atoms with van der Waals surface area (Å²) in [6, 6.07) is 9.37. The minimum Gasteiger partial charge on any atom is -0.495 e. The molecule has 0 radical (unpaired) electrons. The van der Waals surface area contributed by atoms with Gasteiger partial charge in [-0.2, -0.15) is 0 Å². The molecule has 4 rings (SSSR count). The number of aromatic amines is 1. The molecule has 2 heterocycles. The summed E-state index contributed by atoms with van der Waals surface area (Å²) in [5.74, 6) is 0.101. The highest BCUT2D eigenvalue weighted by Gasteiger charge is 2.24. The van der Waals surface area contributed by atoms with Gasteiger partial charge in [0.25, 0.3) is 0 Å². The SMILES string of the molecule is COc1ccc(Cl)c2c(=O)c3c([nH]c12)CCN(CC(=O)NCc1ccc(F)cc1)C3. The van der Waals surface area contributed by atoms with Crippen molar-refractivity contribution in [2.75, 3.05) is 20.2 Å². The summed E-state index contributed by atoms with van der Waals surface area (Å²) in [6.07, 6.45) is 0.613. The Morgan fingerprint density at radius 1 is 1.27 bits per heavy atom. The first-order valence-corrected chi connectivity index (χ1v) is 9.98. The molecule has 1 aliphatic heterocycles. The first kappa shape index (κ1) is 20.4. The molecule has 6 nitrogen and oxygen atoms in total. The molecule has 2 aromatic carbocycles. The Balaban J connectivity index is 1.49. The number of pyridine rings is 1. The molecule has 0 spiro atoms. The maximum Gasteiger partial charge on any atom is 0.234 e. The molecule has 1 aliphatic rings. The number of carbonyl (C=O) groups excluding carboxylic acids is 1. The van der Waals surface area contributed by atoms with Gasteiger partial charge in [0.15, 0.2) is 5.43 Å². The standard InChI is InChI=1S/C22H21ClFN3O3/c1-30-18-7-6-16(23)20-21(18)26-17-8-9-27(11-15(17)22(20)29)12-19(28)25-10-13-2-4-14(24)5-3-13/h2-7H,8-12H2,1H3,(H,25,28)(H,26,29). The first-order chi connectivity index (χ1) is 14.5. The van der Waals surface area contributed by atoms with Crippen LogP contribution in [0.15, 0.2) is 41.2 Å². The first-order valence-electron chi connectivity index (χ1n) is 9.60. The second-order valence-corrected chi connectivity index (χ2v) is 7.68. The van der Waals surface area contributed by atoms with E-state index < -0.39 is 0 Å². The second kappa shape index (κ2) is 8.45. The number of H-pyrrole nitrogens is 1. The van der Waals surface area contributed by atoms with E-state index in [9.17, 15) is 14.0 Å². The van der Waals surface area contributed by atoms with Crippen molar-refractivity contribution in [3.63, 3.8) is 0 Å². The number of rotatable bonds is 5. The predicted octanol–water partition coefficient (Wildman–Crippen LogP) is 3.00. The summed E-state index contributed by atoms with van der Waals surface area (Å²) >= 11 is 6.29. The van der Waals surface area contributed by atoms with Crippen LogP contribution in [0.4, 0.5) is 4.39 Å². The highest BCUT2D eigenvalue weighted by Crippen LogP contribution is 2.30. The average molecular weight is 430 g/mol. The van der Waals surface area contributed by atoms with Crippen molar-refractivity contribution < 1.29 is 13.9 Å². The summed E-state index contributed by atoms with van der Waals surface area (Å²) in [7, 11) is 1.55. The van der Waals surface area contributed by atoms with Gasteiger partial charge in [-0.3, -0.25) is 14.5 Å². The zero-order valence-electron chi connectivity index (χ0n) is 16.4. The molecule has 0 unspecified atom stereocenters. The van der Waals surface area contributed by atoms with Crippen molar-refractivity contribution >= 4 is 28.4 Å². The van der Waals surface area contributed by atoms with E-state index in [1.807, 2.05) is 4.90 Å². The van der Waals surface area contributed by atoms with Crippen molar-refractivity contribution in [3.8, 4) is 5.75 Å². The molecule has 30 heavy (non-hydrogen) atoms. The number of carbonyl (C=O) groups is 1. The number of ether oxygens (including phenoxy) is 1. The molecule has 0 aliphatic carbocycles. The third-order valence-electron chi connectivity index (χ3n) is 5.31. The maximum atomic E-state index is 13.1. The number of hydrogen-bond acceptors (Lipinski definition) is 4. The number of amides is 1. The van der Waals surface area contributed by atoms with Crippen LogP contribution in [0.2, 0.25) is 5.02 Å². The van der Waals surface area contributed by atoms with E-state index in [4.69, 9.17) is 16.3 Å². The number of benzene rings is 2. The fourth-order valence-corrected chi connectivity index (χ4v) is 3.98. The van der Waals surface area contributed by atoms with E-state index in [0.29, 0.717) is 53.3 Å². The summed E-state index contributed by atoms with van der Waals surface area (Å²) in [6.45, 7) is 1.49. The fraction of sp³-hybridized carbons (Fsp3) is 0.273. The third kappa shape index (κ3) is 4.04. The van der Waals surface area contributed by atoms with E-state index in [2.05, 4.69) is 10.3 Å². The quantitative estimate of drug-likeness (QED) is 0.654. The lowest BCUT2D eigenvalue weighted by molar-refractivity contribution is -0.122. The summed E-state index contributed by atoms with van der Waals surface area (Å²) < 4.78 is 18.3. The number of fused-ring (bicyclic) bond motifs is 2. The van der Waals surface area contributed by atoms with E-state index in [-0.39, 0.29) is 23.7 Å². The number of halogens is 2. The minimum atomic E-state index is -0.312. The molecule has 0 saturated carbocycles. The number of nitrogens with one attached hydrogen (secondary N) is 2. The molecular formula is C22H21ClFN3O3. The van der Waals surface area contributed by atoms with Crippen molar-refractivity contribution in [2.24, 2.45) is 0 Å². The third-order valence-corrected chi connectivity index (χ3v) is 5.62. The van der Waals surface area contributed by atoms with E-state index >= 15 is 0 Å². The van der Waals surface area contributed by atoms with Crippen LogP contribution >= 0.6 is 11.6 Å². The zero-order valence-corrected chi connectivity index (χ0v) is 17.2. The monoisotopic (exact) mass is 429 g/mol. The molecule has 2 N–H and O–H groups in total. The molecule has 1 amide bonds. The van der Waals surface area contributed by atoms with Gasteiger partial charge in [0.1, 0.15) is 11.6 Å². The lowest BCUT2D eigenvalue weighted by Crippen LogP contribution is -2.41. The van der Waals surface area contributed by atoms with Crippen molar-refractivity contribution in [1.29, 1.82) is 0 Å². The van der Waals surface area contributed by atoms with Crippen molar-refractivity contribution in [1.82, 2.24) is 15.2 Å². The van der Waals surface area contributed by atoms with Gasteiger partial charge in [-0.1, -0.05) is 23.7 Å². The van der Waals surface area contributed by atoms with Crippen LogP contribution in [-0.2, 0) is 24.3 Å². The van der Waals surface area contributed by atoms with Gasteiger partial charge in [0, 0.05) is 37.3 Å². The minimum absolute atomic E-state index is 0.140. The van der Waals surface area contributed by atoms with Gasteiger partial charge < -0.3 is 15.0 Å². The lowest BCUT2D eigenvalue weighted by atomic mass is 10.0. The molecule has 0 bridgehead atoms. The van der Waals surface area contributed by atoms with Crippen LogP contribution in [0.3, 0.4) is 0 Å². The van der Waals surface area contributed by atoms with Crippen LogP contribution in [0, 0.1) is 5.82 Å². The zero-order chi connectivity index (χ0) is 21.3. The smallest absolute Gasteiger partial charge is 0.234 e. The number of nitrogens with zero attached hydrogens (tertiary/aromatic N) is 1. The van der Waals surface area contributed by atoms with Gasteiger partial charge >= 0.3 is 0 Å². The highest BCUT2D eigenvalue weighted by atomic mass is 35.5. The van der Waals surface area contributed by atoms with Crippen LogP contribution in [-0.4, -0.2) is 36.0 Å². The molecule has 8 heteroatoms. The van der Waals surface area contributed by atoms with Crippen LogP contribution < -0.4 is 15.5 Å². The Morgan fingerprint density at radius 2 is 2.03 bits per heavy atom. The molecule has 3 aromatic rings. The summed E-state index contributed by atoms with van der Waals surface area (Å²) in [5, 5.41) is 3.60. The van der Waals surface area contributed by atoms with Crippen molar-refractivity contribution in [2.45, 2.75) is 19.5 Å². The lowest BCUT2D eigenvalue weighted by Gasteiger charge is -2.28. The van der Waals surface area contributed by atoms with E-state index in [1.54, 1.807) is 31.4 Å². The Labute approximate surface area is 177 Å². The van der Waals surface area contributed by atoms with Gasteiger partial charge in [-0.05, 0) is 29.8 Å². The maximum absolute atomic E-state index is 13.1. The molecular weight excluding hydrogens is 409 g/mol. The van der Waals surface area contributed by atoms with E-state index in [1.165, 1.54) is 12.1 Å². The number of aromatic nitrogens is 1.